The molecule has 6 heteroatoms. The molecule has 4 aromatic rings. The number of aromatic amines is 1. The van der Waals surface area contributed by atoms with E-state index in [2.05, 4.69) is 54.8 Å². The van der Waals surface area contributed by atoms with Crippen molar-refractivity contribution in [1.29, 1.82) is 0 Å². The molecule has 0 bridgehead atoms. The molecular formula is C21H22N6. The van der Waals surface area contributed by atoms with E-state index >= 15 is 0 Å². The Kier molecular flexibility index (Phi) is 4.18. The van der Waals surface area contributed by atoms with E-state index in [0.717, 1.165) is 42.4 Å². The highest BCUT2D eigenvalue weighted by Gasteiger charge is 2.24. The molecule has 27 heavy (non-hydrogen) atoms. The maximum absolute atomic E-state index is 4.83. The van der Waals surface area contributed by atoms with Gasteiger partial charge in [-0.15, -0.1) is 0 Å². The molecule has 1 aromatic carbocycles. The molecule has 3 aromatic heterocycles. The van der Waals surface area contributed by atoms with Gasteiger partial charge in [0.15, 0.2) is 0 Å². The van der Waals surface area contributed by atoms with Crippen LogP contribution in [0.3, 0.4) is 0 Å². The molecule has 1 saturated heterocycles. The number of H-pyrrole nitrogens is 1. The zero-order chi connectivity index (χ0) is 18.1. The summed E-state index contributed by atoms with van der Waals surface area (Å²) < 4.78 is 2.07. The molecule has 1 fully saturated rings. The number of nitrogens with one attached hydrogen (secondary N) is 1. The highest BCUT2D eigenvalue weighted by molar-refractivity contribution is 5.74. The van der Waals surface area contributed by atoms with E-state index in [-0.39, 0.29) is 0 Å². The summed E-state index contributed by atoms with van der Waals surface area (Å²) in [4.78, 5) is 19.6. The van der Waals surface area contributed by atoms with Gasteiger partial charge in [-0.2, -0.15) is 0 Å². The van der Waals surface area contributed by atoms with Gasteiger partial charge in [-0.1, -0.05) is 12.1 Å². The van der Waals surface area contributed by atoms with Crippen molar-refractivity contribution in [2.24, 2.45) is 0 Å². The quantitative estimate of drug-likeness (QED) is 0.606. The third-order valence-corrected chi connectivity index (χ3v) is 5.29. The van der Waals surface area contributed by atoms with Crippen molar-refractivity contribution in [1.82, 2.24) is 29.4 Å². The smallest absolute Gasteiger partial charge is 0.233 e. The van der Waals surface area contributed by atoms with Crippen molar-refractivity contribution < 1.29 is 0 Å². The number of likely N-dealkylation sites (tertiary alicyclic amines) is 1. The molecule has 136 valence electrons. The van der Waals surface area contributed by atoms with Crippen molar-refractivity contribution in [2.75, 3.05) is 13.1 Å². The number of benzene rings is 1. The lowest BCUT2D eigenvalue weighted by Gasteiger charge is -2.31. The van der Waals surface area contributed by atoms with Crippen molar-refractivity contribution in [2.45, 2.75) is 25.3 Å². The number of piperidine rings is 1. The van der Waals surface area contributed by atoms with Gasteiger partial charge in [-0.3, -0.25) is 9.47 Å². The zero-order valence-corrected chi connectivity index (χ0v) is 15.1. The van der Waals surface area contributed by atoms with Crippen LogP contribution in [0, 0.1) is 0 Å². The van der Waals surface area contributed by atoms with Gasteiger partial charge < -0.3 is 4.98 Å². The zero-order valence-electron chi connectivity index (χ0n) is 15.1. The van der Waals surface area contributed by atoms with Crippen molar-refractivity contribution in [3.63, 3.8) is 0 Å². The number of fused-ring (bicyclic) bond motifs is 1. The Balaban J connectivity index is 1.34. The molecule has 0 radical (unpaired) electrons. The normalized spacial score (nSPS) is 18.1. The van der Waals surface area contributed by atoms with Crippen molar-refractivity contribution in [3.05, 3.63) is 72.6 Å². The molecule has 1 aliphatic heterocycles. The summed E-state index contributed by atoms with van der Waals surface area (Å²) >= 11 is 0. The molecule has 4 heterocycles. The molecule has 0 unspecified atom stereocenters. The monoisotopic (exact) mass is 358 g/mol. The van der Waals surface area contributed by atoms with Crippen LogP contribution in [0.1, 0.15) is 30.3 Å². The minimum atomic E-state index is 0.447. The lowest BCUT2D eigenvalue weighted by Crippen LogP contribution is -2.34. The van der Waals surface area contributed by atoms with Crippen LogP contribution in [0.5, 0.6) is 0 Å². The van der Waals surface area contributed by atoms with Crippen LogP contribution in [-0.4, -0.2) is 42.5 Å². The number of aromatic nitrogens is 5. The van der Waals surface area contributed by atoms with Crippen LogP contribution in [0.4, 0.5) is 0 Å². The van der Waals surface area contributed by atoms with E-state index in [4.69, 9.17) is 4.98 Å². The second kappa shape index (κ2) is 6.96. The Hall–Kier alpha value is -2.99. The maximum Gasteiger partial charge on any atom is 0.233 e. The molecule has 1 atom stereocenters. The predicted octanol–water partition coefficient (Wildman–Crippen LogP) is 3.52. The number of hydrogen-bond acceptors (Lipinski definition) is 4. The van der Waals surface area contributed by atoms with Gasteiger partial charge in [-0.25, -0.2) is 15.0 Å². The summed E-state index contributed by atoms with van der Waals surface area (Å²) in [6, 6.07) is 14.3. The predicted molar refractivity (Wildman–Crippen MR) is 105 cm³/mol. The number of nitrogens with zero attached hydrogens (tertiary/aromatic N) is 5. The molecule has 0 amide bonds. The topological polar surface area (TPSA) is 62.6 Å². The molecular weight excluding hydrogens is 336 g/mol. The van der Waals surface area contributed by atoms with E-state index in [0.29, 0.717) is 5.92 Å². The number of imidazole rings is 1. The van der Waals surface area contributed by atoms with Crippen molar-refractivity contribution >= 4 is 11.0 Å². The van der Waals surface area contributed by atoms with E-state index in [9.17, 15) is 0 Å². The summed E-state index contributed by atoms with van der Waals surface area (Å²) in [7, 11) is 0. The minimum absolute atomic E-state index is 0.447. The first kappa shape index (κ1) is 16.2. The fraction of sp³-hybridized carbons (Fsp3) is 0.286. The van der Waals surface area contributed by atoms with Gasteiger partial charge in [0.1, 0.15) is 5.82 Å². The molecule has 0 spiro atoms. The fourth-order valence-corrected chi connectivity index (χ4v) is 3.97. The number of rotatable bonds is 4. The molecule has 6 nitrogen and oxygen atoms in total. The highest BCUT2D eigenvalue weighted by atomic mass is 15.2. The Morgan fingerprint density at radius 3 is 2.81 bits per heavy atom. The highest BCUT2D eigenvalue weighted by Crippen LogP contribution is 2.27. The molecule has 1 aliphatic rings. The van der Waals surface area contributed by atoms with Crippen LogP contribution in [0.2, 0.25) is 0 Å². The van der Waals surface area contributed by atoms with Crippen LogP contribution >= 0.6 is 0 Å². The SMILES string of the molecule is c1cnc(-n2cccc2CN2CCC[C@@H](c3nc4ccccc4[nH]3)C2)nc1. The standard InChI is InChI=1S/C21H22N6/c1-2-9-19-18(8-1)24-20(25-19)16-6-3-12-26(14-16)15-17-7-4-13-27(17)21-22-10-5-11-23-21/h1-2,4-5,7-11,13,16H,3,6,12,14-15H2,(H,24,25)/t16-/m1/s1. The largest absolute Gasteiger partial charge is 0.342 e. The Morgan fingerprint density at radius 2 is 1.93 bits per heavy atom. The molecule has 5 rings (SSSR count). The lowest BCUT2D eigenvalue weighted by atomic mass is 9.97. The van der Waals surface area contributed by atoms with Crippen LogP contribution in [0.25, 0.3) is 17.0 Å². The van der Waals surface area contributed by atoms with Gasteiger partial charge in [-0.05, 0) is 49.7 Å². The van der Waals surface area contributed by atoms with Gasteiger partial charge in [0.2, 0.25) is 5.95 Å². The Labute approximate surface area is 157 Å². The van der Waals surface area contributed by atoms with E-state index in [1.165, 1.54) is 18.5 Å². The summed E-state index contributed by atoms with van der Waals surface area (Å²) in [6.45, 7) is 3.01. The average molecular weight is 358 g/mol. The third kappa shape index (κ3) is 3.24. The Morgan fingerprint density at radius 1 is 1.04 bits per heavy atom. The molecule has 0 saturated carbocycles. The molecule has 0 aliphatic carbocycles. The van der Waals surface area contributed by atoms with Crippen molar-refractivity contribution in [3.8, 4) is 5.95 Å². The first-order chi connectivity index (χ1) is 13.4. The van der Waals surface area contributed by atoms with Gasteiger partial charge in [0, 0.05) is 43.3 Å². The van der Waals surface area contributed by atoms with E-state index < -0.39 is 0 Å². The maximum atomic E-state index is 4.83. The molecule has 1 N–H and O–H groups in total. The fourth-order valence-electron chi connectivity index (χ4n) is 3.97. The van der Waals surface area contributed by atoms with E-state index in [1.807, 2.05) is 18.3 Å². The minimum Gasteiger partial charge on any atom is -0.342 e. The van der Waals surface area contributed by atoms with Gasteiger partial charge in [0.05, 0.1) is 11.0 Å². The summed E-state index contributed by atoms with van der Waals surface area (Å²) in [6.07, 6.45) is 7.96. The first-order valence-electron chi connectivity index (χ1n) is 9.47. The van der Waals surface area contributed by atoms with Crippen LogP contribution < -0.4 is 0 Å². The first-order valence-corrected chi connectivity index (χ1v) is 9.47. The van der Waals surface area contributed by atoms with Crippen LogP contribution in [0.15, 0.2) is 61.1 Å². The average Bonchev–Trinajstić information content (AvgIpc) is 3.36. The summed E-state index contributed by atoms with van der Waals surface area (Å²) in [5, 5.41) is 0. The van der Waals surface area contributed by atoms with Gasteiger partial charge in [0.25, 0.3) is 0 Å². The second-order valence-electron chi connectivity index (χ2n) is 7.13. The number of para-hydroxylation sites is 2. The second-order valence-corrected chi connectivity index (χ2v) is 7.13. The summed E-state index contributed by atoms with van der Waals surface area (Å²) in [5.41, 5.74) is 3.39. The number of hydrogen-bond donors (Lipinski definition) is 1. The Bertz CT molecular complexity index is 1000. The third-order valence-electron chi connectivity index (χ3n) is 5.29. The van der Waals surface area contributed by atoms with Gasteiger partial charge >= 0.3 is 0 Å². The lowest BCUT2D eigenvalue weighted by molar-refractivity contribution is 0.194. The van der Waals surface area contributed by atoms with E-state index in [1.54, 1.807) is 12.4 Å². The van der Waals surface area contributed by atoms with Crippen LogP contribution in [-0.2, 0) is 6.54 Å². The summed E-state index contributed by atoms with van der Waals surface area (Å²) in [5.74, 6) is 2.29.